The second-order valence-corrected chi connectivity index (χ2v) is 14.3. The molecule has 2 aromatic heterocycles. The van der Waals surface area contributed by atoms with Crippen LogP contribution in [0, 0.1) is 0 Å². The predicted octanol–water partition coefficient (Wildman–Crippen LogP) is 3.60. The zero-order valence-corrected chi connectivity index (χ0v) is 23.5. The number of urea groups is 1. The number of thioether (sulfide) groups is 1. The van der Waals surface area contributed by atoms with Gasteiger partial charge in [0.15, 0.2) is 0 Å². The molecule has 1 atom stereocenters. The molecule has 0 saturated carbocycles. The molecule has 0 spiro atoms. The lowest BCUT2D eigenvalue weighted by Gasteiger charge is -2.38. The molecule has 1 unspecified atom stereocenters. The molecule has 14 heteroatoms. The van der Waals surface area contributed by atoms with Crippen molar-refractivity contribution in [2.24, 2.45) is 0 Å². The van der Waals surface area contributed by atoms with Gasteiger partial charge >= 0.3 is 6.03 Å². The Bertz CT molecular complexity index is 1460. The van der Waals surface area contributed by atoms with E-state index >= 15 is 0 Å². The Kier molecular flexibility index (Phi) is 7.20. The summed E-state index contributed by atoms with van der Waals surface area (Å²) < 4.78 is 28.3. The minimum atomic E-state index is -3.74. The van der Waals surface area contributed by atoms with Gasteiger partial charge in [-0.3, -0.25) is 15.1 Å². The van der Waals surface area contributed by atoms with Crippen LogP contribution >= 0.6 is 34.4 Å². The van der Waals surface area contributed by atoms with Crippen molar-refractivity contribution >= 4 is 77.2 Å². The number of thiazole rings is 1. The Morgan fingerprint density at radius 2 is 1.95 bits per heavy atom. The Morgan fingerprint density at radius 3 is 2.65 bits per heavy atom. The fraction of sp³-hybridized carbons (Fsp3) is 0.348. The fourth-order valence-corrected chi connectivity index (χ4v) is 9.04. The quantitative estimate of drug-likeness (QED) is 0.408. The number of amides is 3. The van der Waals surface area contributed by atoms with E-state index in [1.165, 1.54) is 38.7 Å². The van der Waals surface area contributed by atoms with E-state index in [-0.39, 0.29) is 38.1 Å². The van der Waals surface area contributed by atoms with Gasteiger partial charge in [-0.05, 0) is 25.3 Å². The molecule has 1 fully saturated rings. The Hall–Kier alpha value is -2.65. The van der Waals surface area contributed by atoms with Crippen molar-refractivity contribution in [3.8, 4) is 0 Å². The second kappa shape index (κ2) is 10.3. The SMILES string of the molecule is CCNC(=O)Nc1sc2ccccc2c1C(=O)N1CCN(S(=O)(=O)C2(C)NC(c3cncs3)=CS2)CC1. The molecule has 37 heavy (non-hydrogen) atoms. The van der Waals surface area contributed by atoms with Crippen LogP contribution in [0.2, 0.25) is 0 Å². The average Bonchev–Trinajstić information content (AvgIpc) is 3.63. The van der Waals surface area contributed by atoms with Crippen molar-refractivity contribution in [2.45, 2.75) is 18.1 Å². The molecule has 0 bridgehead atoms. The van der Waals surface area contributed by atoms with Crippen molar-refractivity contribution < 1.29 is 18.0 Å². The molecular weight excluding hydrogens is 553 g/mol. The van der Waals surface area contributed by atoms with Gasteiger partial charge in [-0.15, -0.1) is 22.7 Å². The van der Waals surface area contributed by atoms with Gasteiger partial charge in [-0.1, -0.05) is 30.0 Å². The summed E-state index contributed by atoms with van der Waals surface area (Å²) in [5, 5.41) is 11.7. The van der Waals surface area contributed by atoms with E-state index in [2.05, 4.69) is 20.9 Å². The number of hydrogen-bond acceptors (Lipinski definition) is 9. The largest absolute Gasteiger partial charge is 0.356 e. The van der Waals surface area contributed by atoms with E-state index in [0.29, 0.717) is 17.1 Å². The summed E-state index contributed by atoms with van der Waals surface area (Å²) in [5.41, 5.74) is 2.88. The van der Waals surface area contributed by atoms with Gasteiger partial charge in [0.2, 0.25) is 14.2 Å². The van der Waals surface area contributed by atoms with Gasteiger partial charge in [0.25, 0.3) is 5.91 Å². The predicted molar refractivity (Wildman–Crippen MR) is 150 cm³/mol. The summed E-state index contributed by atoms with van der Waals surface area (Å²) in [7, 11) is -3.74. The van der Waals surface area contributed by atoms with Crippen molar-refractivity contribution in [3.05, 3.63) is 51.8 Å². The van der Waals surface area contributed by atoms with Crippen molar-refractivity contribution in [2.75, 3.05) is 38.0 Å². The number of thiophene rings is 1. The van der Waals surface area contributed by atoms with Crippen LogP contribution in [0.25, 0.3) is 15.8 Å². The highest BCUT2D eigenvalue weighted by molar-refractivity contribution is 8.15. The lowest BCUT2D eigenvalue weighted by atomic mass is 10.1. The molecule has 2 aliphatic rings. The van der Waals surface area contributed by atoms with Gasteiger partial charge in [0.1, 0.15) is 5.00 Å². The lowest BCUT2D eigenvalue weighted by Crippen LogP contribution is -2.57. The van der Waals surface area contributed by atoms with E-state index in [1.807, 2.05) is 36.6 Å². The Labute approximate surface area is 227 Å². The van der Waals surface area contributed by atoms with Crippen molar-refractivity contribution in [1.29, 1.82) is 0 Å². The minimum absolute atomic E-state index is 0.183. The van der Waals surface area contributed by atoms with Gasteiger partial charge in [-0.2, -0.15) is 4.31 Å². The first-order chi connectivity index (χ1) is 17.7. The number of aromatic nitrogens is 1. The first-order valence-electron chi connectivity index (χ1n) is 11.6. The molecule has 3 aromatic rings. The second-order valence-electron chi connectivity index (χ2n) is 8.57. The highest BCUT2D eigenvalue weighted by Gasteiger charge is 2.48. The summed E-state index contributed by atoms with van der Waals surface area (Å²) in [4.78, 5) is 32.5. The molecule has 2 aliphatic heterocycles. The normalized spacial score (nSPS) is 20.5. The maximum atomic E-state index is 13.6. The standard InChI is InChI=1S/C23H26N6O4S4/c1-3-25-22(31)26-20-19(15-6-4-5-7-17(15)36-20)21(30)28-8-10-29(11-9-28)37(32,33)23(2)27-16(13-35-23)18-12-24-14-34-18/h4-7,12-14,27H,3,8-11H2,1-2H3,(H2,25,26,31). The van der Waals surface area contributed by atoms with Crippen molar-refractivity contribution in [1.82, 2.24) is 24.8 Å². The van der Waals surface area contributed by atoms with Crippen LogP contribution in [-0.2, 0) is 10.0 Å². The summed E-state index contributed by atoms with van der Waals surface area (Å²) >= 11 is 4.00. The number of rotatable bonds is 6. The number of nitrogens with zero attached hydrogens (tertiary/aromatic N) is 3. The van der Waals surface area contributed by atoms with Gasteiger partial charge in [0, 0.05) is 49.0 Å². The molecule has 0 aliphatic carbocycles. The van der Waals surface area contributed by atoms with Crippen LogP contribution in [0.4, 0.5) is 9.80 Å². The van der Waals surface area contributed by atoms with Gasteiger partial charge in [0.05, 0.1) is 21.6 Å². The number of fused-ring (bicyclic) bond motifs is 1. The highest BCUT2D eigenvalue weighted by atomic mass is 32.3. The summed E-state index contributed by atoms with van der Waals surface area (Å²) in [5.74, 6) is -0.227. The average molecular weight is 579 g/mol. The van der Waals surface area contributed by atoms with E-state index in [9.17, 15) is 18.0 Å². The maximum Gasteiger partial charge on any atom is 0.319 e. The van der Waals surface area contributed by atoms with E-state index < -0.39 is 14.2 Å². The third kappa shape index (κ3) is 4.83. The number of carbonyl (C=O) groups is 2. The van der Waals surface area contributed by atoms with E-state index in [0.717, 1.165) is 20.7 Å². The van der Waals surface area contributed by atoms with E-state index in [4.69, 9.17) is 0 Å². The first-order valence-corrected chi connectivity index (χ1v) is 15.7. The zero-order chi connectivity index (χ0) is 26.2. The maximum absolute atomic E-state index is 13.6. The molecule has 3 amide bonds. The van der Waals surface area contributed by atoms with E-state index in [1.54, 1.807) is 23.5 Å². The number of carbonyl (C=O) groups excluding carboxylic acids is 2. The molecule has 0 radical (unpaired) electrons. The van der Waals surface area contributed by atoms with Crippen LogP contribution in [-0.4, -0.2) is 71.5 Å². The van der Waals surface area contributed by atoms with Crippen molar-refractivity contribution in [3.63, 3.8) is 0 Å². The Morgan fingerprint density at radius 1 is 1.19 bits per heavy atom. The highest BCUT2D eigenvalue weighted by Crippen LogP contribution is 2.42. The lowest BCUT2D eigenvalue weighted by molar-refractivity contribution is 0.0700. The number of hydrogen-bond donors (Lipinski definition) is 3. The molecule has 4 heterocycles. The smallest absolute Gasteiger partial charge is 0.319 e. The van der Waals surface area contributed by atoms with Crippen LogP contribution in [0.3, 0.4) is 0 Å². The third-order valence-electron chi connectivity index (χ3n) is 6.19. The Balaban J connectivity index is 1.31. The topological polar surface area (TPSA) is 124 Å². The molecular formula is C23H26N6O4S4. The van der Waals surface area contributed by atoms with Crippen LogP contribution in [0.1, 0.15) is 29.1 Å². The number of piperazine rings is 1. The van der Waals surface area contributed by atoms with Gasteiger partial charge in [-0.25, -0.2) is 13.2 Å². The molecule has 196 valence electrons. The molecule has 1 aromatic carbocycles. The summed E-state index contributed by atoms with van der Waals surface area (Å²) in [6.45, 7) is 4.80. The molecule has 5 rings (SSSR count). The van der Waals surface area contributed by atoms with Crippen LogP contribution in [0.5, 0.6) is 0 Å². The summed E-state index contributed by atoms with van der Waals surface area (Å²) in [6, 6.07) is 7.14. The number of sulfonamides is 1. The van der Waals surface area contributed by atoms with Crippen LogP contribution < -0.4 is 16.0 Å². The molecule has 3 N–H and O–H groups in total. The fourth-order valence-electron chi connectivity index (χ4n) is 4.26. The summed E-state index contributed by atoms with van der Waals surface area (Å²) in [6.07, 6.45) is 1.70. The minimum Gasteiger partial charge on any atom is -0.356 e. The number of anilines is 1. The number of nitrogens with one attached hydrogen (secondary N) is 3. The first kappa shape index (κ1) is 26.0. The number of benzene rings is 1. The molecule has 10 nitrogen and oxygen atoms in total. The monoisotopic (exact) mass is 578 g/mol. The van der Waals surface area contributed by atoms with Crippen LogP contribution in [0.15, 0.2) is 41.4 Å². The zero-order valence-electron chi connectivity index (χ0n) is 20.2. The molecule has 1 saturated heterocycles. The third-order valence-corrected chi connectivity index (χ3v) is 12.0. The van der Waals surface area contributed by atoms with Gasteiger partial charge < -0.3 is 15.5 Å².